The highest BCUT2D eigenvalue weighted by molar-refractivity contribution is 7.47. The van der Waals surface area contributed by atoms with Gasteiger partial charge in [-0.1, -0.05) is 78.3 Å². The molecule has 3 heterocycles. The summed E-state index contributed by atoms with van der Waals surface area (Å²) >= 11 is 6.23. The van der Waals surface area contributed by atoms with Gasteiger partial charge in [0.1, 0.15) is 41.3 Å². The maximum Gasteiger partial charge on any atom is 0.527 e. The van der Waals surface area contributed by atoms with E-state index in [1.807, 2.05) is 78.9 Å². The van der Waals surface area contributed by atoms with Crippen LogP contribution in [0.25, 0.3) is 11.2 Å². The van der Waals surface area contributed by atoms with E-state index >= 15 is 0 Å². The number of ether oxygens (including phenoxy) is 4. The highest BCUT2D eigenvalue weighted by Crippen LogP contribution is 2.50. The van der Waals surface area contributed by atoms with Crippen LogP contribution >= 0.6 is 19.4 Å². The summed E-state index contributed by atoms with van der Waals surface area (Å²) in [6.07, 6.45) is -0.0643. The molecule has 0 aliphatic carbocycles. The van der Waals surface area contributed by atoms with Crippen molar-refractivity contribution in [3.8, 4) is 17.2 Å². The second-order valence-corrected chi connectivity index (χ2v) is 13.6. The molecule has 13 nitrogen and oxygen atoms in total. The number of aromatic nitrogens is 4. The van der Waals surface area contributed by atoms with Crippen LogP contribution in [0, 0.1) is 0 Å². The number of hydrogen-bond donors (Lipinski definition) is 2. The molecule has 7 rings (SSSR count). The van der Waals surface area contributed by atoms with E-state index in [2.05, 4.69) is 15.0 Å². The Bertz CT molecular complexity index is 2200. The van der Waals surface area contributed by atoms with Gasteiger partial charge in [0.2, 0.25) is 0 Å². The smallest absolute Gasteiger partial charge is 0.497 e. The van der Waals surface area contributed by atoms with Gasteiger partial charge in [-0.3, -0.25) is 18.8 Å². The third kappa shape index (κ3) is 7.07. The highest BCUT2D eigenvalue weighted by Gasteiger charge is 2.46. The van der Waals surface area contributed by atoms with Crippen LogP contribution in [0.3, 0.4) is 0 Å². The molecule has 4 aromatic carbocycles. The predicted octanol–water partition coefficient (Wildman–Crippen LogP) is 6.65. The number of rotatable bonds is 13. The number of para-hydroxylation sites is 1. The first kappa shape index (κ1) is 35.4. The van der Waals surface area contributed by atoms with Gasteiger partial charge in [-0.2, -0.15) is 0 Å². The quantitative estimate of drug-likeness (QED) is 0.0964. The molecule has 0 radical (unpaired) electrons. The summed E-state index contributed by atoms with van der Waals surface area (Å²) in [4.78, 5) is 34.5. The van der Waals surface area contributed by atoms with Crippen molar-refractivity contribution in [1.29, 1.82) is 0 Å². The van der Waals surface area contributed by atoms with Crippen molar-refractivity contribution < 1.29 is 37.5 Å². The number of phosphoric ester groups is 1. The van der Waals surface area contributed by atoms with Crippen molar-refractivity contribution in [2.45, 2.75) is 30.5 Å². The summed E-state index contributed by atoms with van der Waals surface area (Å²) < 4.78 is 50.9. The highest BCUT2D eigenvalue weighted by atomic mass is 35.5. The number of methoxy groups -OCH3 is 2. The molecule has 1 saturated heterocycles. The number of aromatic amines is 1. The third-order valence-corrected chi connectivity index (χ3v) is 10.1. The normalized spacial score (nSPS) is 18.6. The van der Waals surface area contributed by atoms with Crippen LogP contribution in [0.5, 0.6) is 17.2 Å². The molecule has 15 heteroatoms. The number of benzene rings is 4. The molecule has 268 valence electrons. The zero-order valence-electron chi connectivity index (χ0n) is 28.0. The summed E-state index contributed by atoms with van der Waals surface area (Å²) in [6.45, 7) is -0.138. The van der Waals surface area contributed by atoms with E-state index in [9.17, 15) is 14.3 Å². The van der Waals surface area contributed by atoms with Gasteiger partial charge < -0.3 is 28.5 Å². The minimum Gasteiger partial charge on any atom is -0.497 e. The van der Waals surface area contributed by atoms with Crippen molar-refractivity contribution >= 4 is 30.6 Å². The first-order valence-electron chi connectivity index (χ1n) is 16.2. The predicted molar refractivity (Wildman–Crippen MR) is 192 cm³/mol. The van der Waals surface area contributed by atoms with Gasteiger partial charge in [-0.25, -0.2) is 14.5 Å². The largest absolute Gasteiger partial charge is 0.527 e. The second kappa shape index (κ2) is 14.9. The molecule has 2 N–H and O–H groups in total. The number of phosphoric acid groups is 1. The molecular weight excluding hydrogens is 711 g/mol. The Morgan fingerprint density at radius 2 is 1.52 bits per heavy atom. The van der Waals surface area contributed by atoms with Crippen LogP contribution in [0.4, 0.5) is 0 Å². The fourth-order valence-corrected chi connectivity index (χ4v) is 7.57. The molecule has 4 unspecified atom stereocenters. The lowest BCUT2D eigenvalue weighted by Crippen LogP contribution is -2.38. The summed E-state index contributed by atoms with van der Waals surface area (Å²) in [5.41, 5.74) is 1.08. The fraction of sp³-hybridized carbons (Fsp3) is 0.216. The van der Waals surface area contributed by atoms with Gasteiger partial charge in [0.05, 0.1) is 38.5 Å². The van der Waals surface area contributed by atoms with Gasteiger partial charge in [0.15, 0.2) is 11.2 Å². The Labute approximate surface area is 303 Å². The Morgan fingerprint density at radius 1 is 0.904 bits per heavy atom. The SMILES string of the molecule is COc1ccc(C(OCC2OC(n3cnc4c(=O)[nH]cnc43)CC2OP(=O)(O)Oc2ccccc2Cl)(c2ccccc2)c2ccc(OC)cc2)cc1. The van der Waals surface area contributed by atoms with Crippen LogP contribution in [0.1, 0.15) is 29.3 Å². The van der Waals surface area contributed by atoms with E-state index in [1.54, 1.807) is 30.9 Å². The average Bonchev–Trinajstić information content (AvgIpc) is 3.78. The third-order valence-electron chi connectivity index (χ3n) is 8.81. The molecular formula is C37H34ClN4O9P. The van der Waals surface area contributed by atoms with Crippen molar-refractivity contribution in [2.24, 2.45) is 0 Å². The molecule has 1 aliphatic rings. The number of nitrogens with one attached hydrogen (secondary N) is 1. The van der Waals surface area contributed by atoms with Crippen LogP contribution in [0.2, 0.25) is 5.02 Å². The average molecular weight is 745 g/mol. The molecule has 0 spiro atoms. The lowest BCUT2D eigenvalue weighted by atomic mass is 9.80. The van der Waals surface area contributed by atoms with E-state index < -0.39 is 37.4 Å². The van der Waals surface area contributed by atoms with Crippen LogP contribution in [0.15, 0.2) is 121 Å². The monoisotopic (exact) mass is 744 g/mol. The first-order chi connectivity index (χ1) is 25.2. The number of hydrogen-bond acceptors (Lipinski definition) is 10. The lowest BCUT2D eigenvalue weighted by molar-refractivity contribution is -0.0919. The van der Waals surface area contributed by atoms with Gasteiger partial charge in [0.25, 0.3) is 5.56 Å². The Balaban J connectivity index is 1.28. The van der Waals surface area contributed by atoms with E-state index in [-0.39, 0.29) is 35.0 Å². The fourth-order valence-electron chi connectivity index (χ4n) is 6.32. The van der Waals surface area contributed by atoms with Crippen molar-refractivity contribution in [1.82, 2.24) is 19.5 Å². The molecule has 1 aliphatic heterocycles. The number of H-pyrrole nitrogens is 1. The maximum absolute atomic E-state index is 13.5. The Hall–Kier alpha value is -5.01. The molecule has 4 atom stereocenters. The topological polar surface area (TPSA) is 156 Å². The molecule has 0 amide bonds. The number of nitrogens with zero attached hydrogens (tertiary/aromatic N) is 3. The van der Waals surface area contributed by atoms with Crippen molar-refractivity contribution in [2.75, 3.05) is 20.8 Å². The number of imidazole rings is 1. The van der Waals surface area contributed by atoms with Crippen LogP contribution < -0.4 is 19.6 Å². The minimum absolute atomic E-state index is 0.0237. The van der Waals surface area contributed by atoms with Crippen LogP contribution in [-0.4, -0.2) is 57.4 Å². The zero-order valence-corrected chi connectivity index (χ0v) is 29.6. The van der Waals surface area contributed by atoms with Gasteiger partial charge in [0, 0.05) is 6.42 Å². The van der Waals surface area contributed by atoms with E-state index in [0.29, 0.717) is 11.5 Å². The molecule has 6 aromatic rings. The zero-order chi connectivity index (χ0) is 36.3. The van der Waals surface area contributed by atoms with Gasteiger partial charge in [-0.05, 0) is 53.1 Å². The molecule has 52 heavy (non-hydrogen) atoms. The van der Waals surface area contributed by atoms with Crippen LogP contribution in [-0.2, 0) is 24.2 Å². The summed E-state index contributed by atoms with van der Waals surface area (Å²) in [6, 6.07) is 31.0. The number of halogens is 1. The van der Waals surface area contributed by atoms with E-state index in [1.165, 1.54) is 24.8 Å². The minimum atomic E-state index is -4.79. The van der Waals surface area contributed by atoms with Crippen molar-refractivity contribution in [3.05, 3.63) is 148 Å². The van der Waals surface area contributed by atoms with E-state index in [0.717, 1.165) is 16.7 Å². The summed E-state index contributed by atoms with van der Waals surface area (Å²) in [5, 5.41) is 0.133. The van der Waals surface area contributed by atoms with Crippen molar-refractivity contribution in [3.63, 3.8) is 0 Å². The lowest BCUT2D eigenvalue weighted by Gasteiger charge is -2.37. The first-order valence-corrected chi connectivity index (χ1v) is 18.1. The van der Waals surface area contributed by atoms with E-state index in [4.69, 9.17) is 39.6 Å². The second-order valence-electron chi connectivity index (χ2n) is 11.9. The molecule has 0 bridgehead atoms. The Kier molecular flexibility index (Phi) is 10.2. The summed E-state index contributed by atoms with van der Waals surface area (Å²) in [7, 11) is -1.60. The van der Waals surface area contributed by atoms with Gasteiger partial charge in [-0.15, -0.1) is 0 Å². The molecule has 2 aromatic heterocycles. The molecule has 0 saturated carbocycles. The Morgan fingerprint density at radius 3 is 2.15 bits per heavy atom. The maximum atomic E-state index is 13.5. The summed E-state index contributed by atoms with van der Waals surface area (Å²) in [5.74, 6) is 1.30. The standard InChI is InChI=1S/C37H34ClN4O9P/c1-46-27-16-12-25(13-17-27)37(24-8-4-3-5-9-24,26-14-18-28(47-2)19-15-26)48-21-32-31(51-52(44,45)50-30-11-7-6-10-29(30)38)20-33(49-32)42-23-41-34-35(42)39-22-40-36(34)43/h3-19,22-23,31-33H,20-21H2,1-2H3,(H,44,45)(H,39,40,43). The number of fused-ring (bicyclic) bond motifs is 1. The van der Waals surface area contributed by atoms with Gasteiger partial charge >= 0.3 is 7.82 Å². The molecule has 1 fully saturated rings.